The van der Waals surface area contributed by atoms with E-state index in [0.29, 0.717) is 5.92 Å². The SMILES string of the molecule is OC12C=CC(CC1)C2Cl. The van der Waals surface area contributed by atoms with Crippen molar-refractivity contribution in [3.05, 3.63) is 12.2 Å². The van der Waals surface area contributed by atoms with Crippen LogP contribution in [-0.2, 0) is 0 Å². The van der Waals surface area contributed by atoms with Crippen molar-refractivity contribution in [2.24, 2.45) is 5.92 Å². The first kappa shape index (κ1) is 5.75. The molecule has 3 unspecified atom stereocenters. The van der Waals surface area contributed by atoms with Crippen LogP contribution in [0, 0.1) is 5.92 Å². The lowest BCUT2D eigenvalue weighted by Crippen LogP contribution is -2.29. The Morgan fingerprint density at radius 1 is 1.67 bits per heavy atom. The molecular formula is C7H9ClO. The number of hydrogen-bond acceptors (Lipinski definition) is 1. The molecule has 0 spiro atoms. The zero-order valence-corrected chi connectivity index (χ0v) is 5.80. The molecule has 0 aromatic rings. The van der Waals surface area contributed by atoms with Crippen LogP contribution >= 0.6 is 11.6 Å². The second-order valence-corrected chi connectivity index (χ2v) is 3.42. The molecule has 0 aliphatic heterocycles. The van der Waals surface area contributed by atoms with Gasteiger partial charge in [0.2, 0.25) is 0 Å². The van der Waals surface area contributed by atoms with Crippen LogP contribution < -0.4 is 0 Å². The van der Waals surface area contributed by atoms with Gasteiger partial charge >= 0.3 is 0 Å². The average Bonchev–Trinajstić information content (AvgIpc) is 2.24. The number of halogens is 1. The topological polar surface area (TPSA) is 20.2 Å². The fraction of sp³-hybridized carbons (Fsp3) is 0.714. The molecule has 1 nitrogen and oxygen atoms in total. The molecule has 1 fully saturated rings. The Hall–Kier alpha value is -0.0100. The van der Waals surface area contributed by atoms with Crippen molar-refractivity contribution in [3.63, 3.8) is 0 Å². The minimum Gasteiger partial charge on any atom is -0.384 e. The molecule has 0 amide bonds. The average molecular weight is 145 g/mol. The fourth-order valence-corrected chi connectivity index (χ4v) is 2.10. The first-order chi connectivity index (χ1) is 4.22. The Morgan fingerprint density at radius 3 is 2.56 bits per heavy atom. The normalized spacial score (nSPS) is 54.9. The summed E-state index contributed by atoms with van der Waals surface area (Å²) in [5.41, 5.74) is -0.647. The van der Waals surface area contributed by atoms with Gasteiger partial charge in [0.1, 0.15) is 0 Å². The molecule has 2 aliphatic carbocycles. The molecule has 2 bridgehead atoms. The Kier molecular flexibility index (Phi) is 0.976. The van der Waals surface area contributed by atoms with Crippen molar-refractivity contribution in [3.8, 4) is 0 Å². The van der Waals surface area contributed by atoms with E-state index >= 15 is 0 Å². The van der Waals surface area contributed by atoms with Gasteiger partial charge < -0.3 is 5.11 Å². The summed E-state index contributed by atoms with van der Waals surface area (Å²) in [7, 11) is 0. The third-order valence-corrected chi connectivity index (χ3v) is 3.07. The number of hydrogen-bond donors (Lipinski definition) is 1. The van der Waals surface area contributed by atoms with Crippen molar-refractivity contribution in [1.29, 1.82) is 0 Å². The first-order valence-corrected chi connectivity index (χ1v) is 3.72. The van der Waals surface area contributed by atoms with Gasteiger partial charge in [0.15, 0.2) is 0 Å². The Morgan fingerprint density at radius 2 is 2.44 bits per heavy atom. The molecular weight excluding hydrogens is 136 g/mol. The summed E-state index contributed by atoms with van der Waals surface area (Å²) < 4.78 is 0. The molecule has 50 valence electrons. The highest BCUT2D eigenvalue weighted by Crippen LogP contribution is 2.45. The number of allylic oxidation sites excluding steroid dienone is 1. The smallest absolute Gasteiger partial charge is 0.0996 e. The van der Waals surface area contributed by atoms with Crippen molar-refractivity contribution in [1.82, 2.24) is 0 Å². The molecule has 0 aromatic heterocycles. The van der Waals surface area contributed by atoms with Gasteiger partial charge in [-0.25, -0.2) is 0 Å². The summed E-state index contributed by atoms with van der Waals surface area (Å²) >= 11 is 5.90. The van der Waals surface area contributed by atoms with Crippen LogP contribution in [0.1, 0.15) is 12.8 Å². The summed E-state index contributed by atoms with van der Waals surface area (Å²) in [6, 6.07) is 0. The first-order valence-electron chi connectivity index (χ1n) is 3.28. The molecule has 0 saturated heterocycles. The third kappa shape index (κ3) is 0.593. The zero-order valence-electron chi connectivity index (χ0n) is 5.05. The minimum absolute atomic E-state index is 0.0440. The van der Waals surface area contributed by atoms with Crippen LogP contribution in [0.4, 0.5) is 0 Å². The van der Waals surface area contributed by atoms with E-state index in [1.807, 2.05) is 12.2 Å². The highest BCUT2D eigenvalue weighted by atomic mass is 35.5. The molecule has 0 radical (unpaired) electrons. The van der Waals surface area contributed by atoms with E-state index in [-0.39, 0.29) is 5.38 Å². The minimum atomic E-state index is -0.647. The zero-order chi connectivity index (χ0) is 6.48. The predicted molar refractivity (Wildman–Crippen MR) is 36.5 cm³/mol. The van der Waals surface area contributed by atoms with Gasteiger partial charge in [0.05, 0.1) is 11.0 Å². The lowest BCUT2D eigenvalue weighted by Gasteiger charge is -2.17. The molecule has 9 heavy (non-hydrogen) atoms. The van der Waals surface area contributed by atoms with Crippen LogP contribution in [0.5, 0.6) is 0 Å². The number of alkyl halides is 1. The van der Waals surface area contributed by atoms with Gasteiger partial charge in [-0.2, -0.15) is 0 Å². The molecule has 1 saturated carbocycles. The third-order valence-electron chi connectivity index (χ3n) is 2.36. The highest BCUT2D eigenvalue weighted by Gasteiger charge is 2.47. The Labute approximate surface area is 59.3 Å². The van der Waals surface area contributed by atoms with Crippen molar-refractivity contribution in [2.45, 2.75) is 23.8 Å². The van der Waals surface area contributed by atoms with Crippen molar-refractivity contribution < 1.29 is 5.11 Å². The summed E-state index contributed by atoms with van der Waals surface area (Å²) in [4.78, 5) is 0. The van der Waals surface area contributed by atoms with Gasteiger partial charge in [0.25, 0.3) is 0 Å². The van der Waals surface area contributed by atoms with Crippen LogP contribution in [0.15, 0.2) is 12.2 Å². The predicted octanol–water partition coefficient (Wildman–Crippen LogP) is 1.30. The van der Waals surface area contributed by atoms with Crippen molar-refractivity contribution in [2.75, 3.05) is 0 Å². The fourth-order valence-electron chi connectivity index (χ4n) is 1.71. The molecule has 2 aliphatic rings. The molecule has 2 rings (SSSR count). The summed E-state index contributed by atoms with van der Waals surface area (Å²) in [6.07, 6.45) is 5.78. The van der Waals surface area contributed by atoms with E-state index in [1.165, 1.54) is 0 Å². The molecule has 3 atom stereocenters. The standard InChI is InChI=1S/C7H9ClO/c8-6-5-1-3-7(6,9)4-2-5/h1,3,5-6,9H,2,4H2. The van der Waals surface area contributed by atoms with Gasteiger partial charge in [-0.1, -0.05) is 12.2 Å². The molecule has 1 N–H and O–H groups in total. The summed E-state index contributed by atoms with van der Waals surface area (Å²) in [6.45, 7) is 0. The second kappa shape index (κ2) is 1.53. The van der Waals surface area contributed by atoms with Gasteiger partial charge in [-0.05, 0) is 18.8 Å². The van der Waals surface area contributed by atoms with Gasteiger partial charge in [0, 0.05) is 0 Å². The maximum absolute atomic E-state index is 9.59. The maximum atomic E-state index is 9.59. The van der Waals surface area contributed by atoms with Crippen LogP contribution in [0.3, 0.4) is 0 Å². The van der Waals surface area contributed by atoms with E-state index < -0.39 is 5.60 Å². The second-order valence-electron chi connectivity index (χ2n) is 2.95. The summed E-state index contributed by atoms with van der Waals surface area (Å²) in [5, 5.41) is 9.55. The lowest BCUT2D eigenvalue weighted by atomic mass is 10.0. The summed E-state index contributed by atoms with van der Waals surface area (Å²) in [5.74, 6) is 0.441. The quantitative estimate of drug-likeness (QED) is 0.402. The van der Waals surface area contributed by atoms with E-state index in [2.05, 4.69) is 0 Å². The Balaban J connectivity index is 2.36. The van der Waals surface area contributed by atoms with E-state index in [4.69, 9.17) is 11.6 Å². The maximum Gasteiger partial charge on any atom is 0.0996 e. The molecule has 0 heterocycles. The number of rotatable bonds is 0. The molecule has 2 heteroatoms. The number of aliphatic hydroxyl groups is 1. The largest absolute Gasteiger partial charge is 0.384 e. The lowest BCUT2D eigenvalue weighted by molar-refractivity contribution is 0.106. The number of fused-ring (bicyclic) bond motifs is 2. The van der Waals surface area contributed by atoms with Crippen LogP contribution in [0.2, 0.25) is 0 Å². The van der Waals surface area contributed by atoms with Crippen molar-refractivity contribution >= 4 is 11.6 Å². The Bertz CT molecular complexity index is 166. The van der Waals surface area contributed by atoms with Crippen LogP contribution in [-0.4, -0.2) is 16.1 Å². The molecule has 0 aromatic carbocycles. The monoisotopic (exact) mass is 144 g/mol. The van der Waals surface area contributed by atoms with Crippen LogP contribution in [0.25, 0.3) is 0 Å². The van der Waals surface area contributed by atoms with E-state index in [1.54, 1.807) is 0 Å². The highest BCUT2D eigenvalue weighted by molar-refractivity contribution is 6.22. The van der Waals surface area contributed by atoms with E-state index in [0.717, 1.165) is 12.8 Å². The van der Waals surface area contributed by atoms with Gasteiger partial charge in [-0.15, -0.1) is 11.6 Å². The van der Waals surface area contributed by atoms with E-state index in [9.17, 15) is 5.11 Å². The van der Waals surface area contributed by atoms with Gasteiger partial charge in [-0.3, -0.25) is 0 Å².